The lowest BCUT2D eigenvalue weighted by Gasteiger charge is -2.11. The van der Waals surface area contributed by atoms with Crippen LogP contribution in [0, 0.1) is 0 Å². The van der Waals surface area contributed by atoms with E-state index in [0.29, 0.717) is 18.7 Å². The minimum Gasteiger partial charge on any atom is -0.351 e. The van der Waals surface area contributed by atoms with Gasteiger partial charge in [0.2, 0.25) is 0 Å². The number of hydrogen-bond donors (Lipinski definition) is 2. The van der Waals surface area contributed by atoms with E-state index in [2.05, 4.69) is 11.4 Å². The Hall–Kier alpha value is -2.91. The SMILES string of the molecule is NCCNC(=O)c1cc(-c2ccccc2)cc(-c2ccccc2)c1. The molecule has 3 rings (SSSR count). The van der Waals surface area contributed by atoms with Crippen LogP contribution in [0.3, 0.4) is 0 Å². The highest BCUT2D eigenvalue weighted by molar-refractivity contribution is 5.97. The largest absolute Gasteiger partial charge is 0.351 e. The second-order valence-corrected chi connectivity index (χ2v) is 5.58. The number of benzene rings is 3. The van der Waals surface area contributed by atoms with Crippen LogP contribution in [0.5, 0.6) is 0 Å². The molecule has 0 saturated carbocycles. The van der Waals surface area contributed by atoms with Gasteiger partial charge in [0.15, 0.2) is 0 Å². The molecule has 1 amide bonds. The van der Waals surface area contributed by atoms with Crippen LogP contribution in [-0.4, -0.2) is 19.0 Å². The Morgan fingerprint density at radius 3 is 1.71 bits per heavy atom. The summed E-state index contributed by atoms with van der Waals surface area (Å²) < 4.78 is 0. The predicted octanol–water partition coefficient (Wildman–Crippen LogP) is 3.71. The van der Waals surface area contributed by atoms with Crippen LogP contribution in [0.4, 0.5) is 0 Å². The highest BCUT2D eigenvalue weighted by atomic mass is 16.1. The van der Waals surface area contributed by atoms with Gasteiger partial charge in [-0.1, -0.05) is 60.7 Å². The first-order chi connectivity index (χ1) is 11.8. The number of nitrogens with one attached hydrogen (secondary N) is 1. The molecule has 0 bridgehead atoms. The first-order valence-electron chi connectivity index (χ1n) is 8.02. The lowest BCUT2D eigenvalue weighted by molar-refractivity contribution is 0.0955. The maximum absolute atomic E-state index is 12.4. The van der Waals surface area contributed by atoms with Crippen molar-refractivity contribution in [3.05, 3.63) is 84.4 Å². The van der Waals surface area contributed by atoms with E-state index in [4.69, 9.17) is 5.73 Å². The molecular weight excluding hydrogens is 296 g/mol. The minimum absolute atomic E-state index is 0.101. The zero-order chi connectivity index (χ0) is 16.8. The molecule has 0 unspecified atom stereocenters. The third-order valence-corrected chi connectivity index (χ3v) is 3.84. The summed E-state index contributed by atoms with van der Waals surface area (Å²) in [7, 11) is 0. The van der Waals surface area contributed by atoms with Gasteiger partial charge in [0.1, 0.15) is 0 Å². The predicted molar refractivity (Wildman–Crippen MR) is 98.7 cm³/mol. The Bertz CT molecular complexity index is 756. The van der Waals surface area contributed by atoms with Gasteiger partial charge >= 0.3 is 0 Å². The number of carbonyl (C=O) groups is 1. The summed E-state index contributed by atoms with van der Waals surface area (Å²) in [5.74, 6) is -0.101. The van der Waals surface area contributed by atoms with Crippen LogP contribution in [0.15, 0.2) is 78.9 Å². The molecule has 0 aliphatic rings. The van der Waals surface area contributed by atoms with Crippen molar-refractivity contribution in [1.29, 1.82) is 0 Å². The molecule has 3 aromatic rings. The maximum Gasteiger partial charge on any atom is 0.251 e. The summed E-state index contributed by atoms with van der Waals surface area (Å²) in [5, 5.41) is 2.84. The van der Waals surface area contributed by atoms with E-state index in [1.165, 1.54) is 0 Å². The molecule has 3 nitrogen and oxygen atoms in total. The molecule has 0 radical (unpaired) electrons. The van der Waals surface area contributed by atoms with Gasteiger partial charge in [-0.15, -0.1) is 0 Å². The Balaban J connectivity index is 2.07. The quantitative estimate of drug-likeness (QED) is 0.754. The summed E-state index contributed by atoms with van der Waals surface area (Å²) >= 11 is 0. The maximum atomic E-state index is 12.4. The van der Waals surface area contributed by atoms with Gasteiger partial charge in [0, 0.05) is 18.7 Å². The molecule has 0 saturated heterocycles. The number of rotatable bonds is 5. The molecule has 0 aliphatic heterocycles. The van der Waals surface area contributed by atoms with Crippen LogP contribution >= 0.6 is 0 Å². The summed E-state index contributed by atoms with van der Waals surface area (Å²) in [6.07, 6.45) is 0. The average Bonchev–Trinajstić information content (AvgIpc) is 2.67. The molecule has 0 aromatic heterocycles. The van der Waals surface area contributed by atoms with E-state index in [1.54, 1.807) is 0 Å². The van der Waals surface area contributed by atoms with E-state index < -0.39 is 0 Å². The summed E-state index contributed by atoms with van der Waals surface area (Å²) in [6, 6.07) is 26.1. The molecule has 0 atom stereocenters. The van der Waals surface area contributed by atoms with E-state index in [-0.39, 0.29) is 5.91 Å². The fraction of sp³-hybridized carbons (Fsp3) is 0.0952. The minimum atomic E-state index is -0.101. The van der Waals surface area contributed by atoms with Crippen molar-refractivity contribution < 1.29 is 4.79 Å². The van der Waals surface area contributed by atoms with Gasteiger partial charge in [-0.25, -0.2) is 0 Å². The molecule has 3 N–H and O–H groups in total. The second-order valence-electron chi connectivity index (χ2n) is 5.58. The number of amides is 1. The van der Waals surface area contributed by atoms with E-state index in [1.807, 2.05) is 72.8 Å². The Morgan fingerprint density at radius 2 is 1.25 bits per heavy atom. The van der Waals surface area contributed by atoms with E-state index in [9.17, 15) is 4.79 Å². The molecule has 3 aromatic carbocycles. The van der Waals surface area contributed by atoms with Crippen molar-refractivity contribution in [1.82, 2.24) is 5.32 Å². The summed E-state index contributed by atoms with van der Waals surface area (Å²) in [4.78, 5) is 12.4. The summed E-state index contributed by atoms with van der Waals surface area (Å²) in [6.45, 7) is 0.894. The standard InChI is InChI=1S/C21H20N2O/c22-11-12-23-21(24)20-14-18(16-7-3-1-4-8-16)13-19(15-20)17-9-5-2-6-10-17/h1-10,13-15H,11-12,22H2,(H,23,24). The molecule has 120 valence electrons. The Morgan fingerprint density at radius 1 is 0.750 bits per heavy atom. The highest BCUT2D eigenvalue weighted by Gasteiger charge is 2.10. The van der Waals surface area contributed by atoms with Crippen molar-refractivity contribution in [2.45, 2.75) is 0 Å². The zero-order valence-electron chi connectivity index (χ0n) is 13.4. The molecule has 0 spiro atoms. The van der Waals surface area contributed by atoms with Crippen molar-refractivity contribution in [2.75, 3.05) is 13.1 Å². The normalized spacial score (nSPS) is 10.4. The van der Waals surface area contributed by atoms with Crippen molar-refractivity contribution in [3.63, 3.8) is 0 Å². The van der Waals surface area contributed by atoms with Crippen LogP contribution in [0.2, 0.25) is 0 Å². The van der Waals surface area contributed by atoms with Gasteiger partial charge in [0.05, 0.1) is 0 Å². The highest BCUT2D eigenvalue weighted by Crippen LogP contribution is 2.28. The summed E-state index contributed by atoms with van der Waals surface area (Å²) in [5.41, 5.74) is 10.3. The van der Waals surface area contributed by atoms with E-state index in [0.717, 1.165) is 22.3 Å². The molecular formula is C21H20N2O. The lowest BCUT2D eigenvalue weighted by atomic mass is 9.96. The number of hydrogen-bond acceptors (Lipinski definition) is 2. The lowest BCUT2D eigenvalue weighted by Crippen LogP contribution is -2.29. The monoisotopic (exact) mass is 316 g/mol. The topological polar surface area (TPSA) is 55.1 Å². The second kappa shape index (κ2) is 7.57. The molecule has 0 fully saturated rings. The number of carbonyl (C=O) groups excluding carboxylic acids is 1. The first kappa shape index (κ1) is 16.0. The fourth-order valence-corrected chi connectivity index (χ4v) is 2.64. The third kappa shape index (κ3) is 3.70. The van der Waals surface area contributed by atoms with Crippen molar-refractivity contribution in [2.24, 2.45) is 5.73 Å². The molecule has 0 heterocycles. The molecule has 0 aliphatic carbocycles. The molecule has 24 heavy (non-hydrogen) atoms. The van der Waals surface area contributed by atoms with Crippen molar-refractivity contribution >= 4 is 5.91 Å². The van der Waals surface area contributed by atoms with Crippen LogP contribution < -0.4 is 11.1 Å². The number of nitrogens with two attached hydrogens (primary N) is 1. The smallest absolute Gasteiger partial charge is 0.251 e. The van der Waals surface area contributed by atoms with Crippen molar-refractivity contribution in [3.8, 4) is 22.3 Å². The first-order valence-corrected chi connectivity index (χ1v) is 8.02. The van der Waals surface area contributed by atoms with Crippen LogP contribution in [-0.2, 0) is 0 Å². The Kier molecular flexibility index (Phi) is 5.04. The van der Waals surface area contributed by atoms with Gasteiger partial charge < -0.3 is 11.1 Å². The average molecular weight is 316 g/mol. The molecule has 3 heteroatoms. The van der Waals surface area contributed by atoms with E-state index >= 15 is 0 Å². The third-order valence-electron chi connectivity index (χ3n) is 3.84. The van der Waals surface area contributed by atoms with Gasteiger partial charge in [-0.2, -0.15) is 0 Å². The van der Waals surface area contributed by atoms with Gasteiger partial charge in [0.25, 0.3) is 5.91 Å². The zero-order valence-corrected chi connectivity index (χ0v) is 13.4. The van der Waals surface area contributed by atoms with Crippen LogP contribution in [0.25, 0.3) is 22.3 Å². The van der Waals surface area contributed by atoms with Crippen LogP contribution in [0.1, 0.15) is 10.4 Å². The van der Waals surface area contributed by atoms with Gasteiger partial charge in [-0.3, -0.25) is 4.79 Å². The fourth-order valence-electron chi connectivity index (χ4n) is 2.64. The Labute approximate surface area is 142 Å². The van der Waals surface area contributed by atoms with Gasteiger partial charge in [-0.05, 0) is 40.5 Å².